The minimum absolute atomic E-state index is 0.205. The number of hydrogen-bond donors (Lipinski definition) is 2. The van der Waals surface area contributed by atoms with Crippen LogP contribution in [-0.2, 0) is 19.1 Å². The second-order valence-electron chi connectivity index (χ2n) is 6.40. The summed E-state index contributed by atoms with van der Waals surface area (Å²) in [6, 6.07) is 15.3. The van der Waals surface area contributed by atoms with Crippen LogP contribution in [0.4, 0.5) is 0 Å². The van der Waals surface area contributed by atoms with Crippen molar-refractivity contribution in [1.29, 1.82) is 0 Å². The lowest BCUT2D eigenvalue weighted by Crippen LogP contribution is -2.44. The molecule has 0 aliphatic rings. The first-order valence-electron chi connectivity index (χ1n) is 9.58. The highest BCUT2D eigenvalue weighted by atomic mass is 33.1. The summed E-state index contributed by atoms with van der Waals surface area (Å²) >= 11 is 0. The average Bonchev–Trinajstić information content (AvgIpc) is 2.84. The fourth-order valence-electron chi connectivity index (χ4n) is 2.52. The normalized spacial score (nSPS) is 12.2. The zero-order valence-electron chi connectivity index (χ0n) is 17.6. The van der Waals surface area contributed by atoms with E-state index in [2.05, 4.69) is 10.6 Å². The molecule has 0 radical (unpaired) electrons. The van der Waals surface area contributed by atoms with Gasteiger partial charge < -0.3 is 20.1 Å². The van der Waals surface area contributed by atoms with E-state index in [4.69, 9.17) is 9.47 Å². The molecule has 2 aromatic carbocycles. The summed E-state index contributed by atoms with van der Waals surface area (Å²) in [6.45, 7) is 0. The molecule has 0 aromatic heterocycles. The van der Waals surface area contributed by atoms with Gasteiger partial charge in [0.25, 0.3) is 11.8 Å². The third kappa shape index (κ3) is 7.93. The van der Waals surface area contributed by atoms with Gasteiger partial charge in [0.15, 0.2) is 0 Å². The lowest BCUT2D eigenvalue weighted by atomic mass is 10.2. The summed E-state index contributed by atoms with van der Waals surface area (Å²) in [7, 11) is 5.02. The predicted octanol–water partition coefficient (Wildman–Crippen LogP) is 2.31. The van der Waals surface area contributed by atoms with Crippen molar-refractivity contribution in [3.63, 3.8) is 0 Å². The lowest BCUT2D eigenvalue weighted by Gasteiger charge is -2.18. The molecular weight excluding hydrogens is 452 g/mol. The van der Waals surface area contributed by atoms with Crippen molar-refractivity contribution in [3.05, 3.63) is 71.8 Å². The number of amides is 2. The van der Waals surface area contributed by atoms with Crippen LogP contribution in [0.5, 0.6) is 0 Å². The number of methoxy groups -OCH3 is 2. The number of carbonyl (C=O) groups excluding carboxylic acids is 4. The first-order valence-corrected chi connectivity index (χ1v) is 12.1. The highest BCUT2D eigenvalue weighted by Gasteiger charge is 2.25. The molecule has 10 heteroatoms. The highest BCUT2D eigenvalue weighted by molar-refractivity contribution is 8.76. The summed E-state index contributed by atoms with van der Waals surface area (Å²) in [4.78, 5) is 48.9. The molecule has 0 aliphatic heterocycles. The predicted molar refractivity (Wildman–Crippen MR) is 124 cm³/mol. The van der Waals surface area contributed by atoms with Crippen LogP contribution in [0.25, 0.3) is 0 Å². The van der Waals surface area contributed by atoms with E-state index in [1.807, 2.05) is 0 Å². The topological polar surface area (TPSA) is 111 Å². The quantitative estimate of drug-likeness (QED) is 0.289. The minimum Gasteiger partial charge on any atom is -0.467 e. The Bertz CT molecular complexity index is 836. The number of rotatable bonds is 11. The smallest absolute Gasteiger partial charge is 0.329 e. The Morgan fingerprint density at radius 3 is 1.34 bits per heavy atom. The largest absolute Gasteiger partial charge is 0.467 e. The molecule has 0 fully saturated rings. The first-order chi connectivity index (χ1) is 15.5. The van der Waals surface area contributed by atoms with Gasteiger partial charge >= 0.3 is 11.9 Å². The molecule has 2 rings (SSSR count). The Hall–Kier alpha value is -2.98. The van der Waals surface area contributed by atoms with Crippen LogP contribution in [-0.4, -0.2) is 61.6 Å². The summed E-state index contributed by atoms with van der Waals surface area (Å²) in [6.07, 6.45) is 0. The monoisotopic (exact) mass is 476 g/mol. The second-order valence-corrected chi connectivity index (χ2v) is 8.95. The number of carbonyl (C=O) groups is 4. The van der Waals surface area contributed by atoms with Gasteiger partial charge in [0.05, 0.1) is 14.2 Å². The van der Waals surface area contributed by atoms with E-state index < -0.39 is 35.8 Å². The summed E-state index contributed by atoms with van der Waals surface area (Å²) in [5.74, 6) is -1.54. The highest BCUT2D eigenvalue weighted by Crippen LogP contribution is 2.24. The fourth-order valence-corrected chi connectivity index (χ4v) is 4.81. The van der Waals surface area contributed by atoms with Crippen molar-refractivity contribution in [3.8, 4) is 0 Å². The van der Waals surface area contributed by atoms with Crippen LogP contribution in [0, 0.1) is 0 Å². The molecule has 2 N–H and O–H groups in total. The zero-order valence-corrected chi connectivity index (χ0v) is 19.2. The maximum Gasteiger partial charge on any atom is 0.329 e. The summed E-state index contributed by atoms with van der Waals surface area (Å²) in [5, 5.41) is 5.30. The molecule has 32 heavy (non-hydrogen) atoms. The molecule has 2 amide bonds. The third-order valence-electron chi connectivity index (χ3n) is 4.21. The first kappa shape index (κ1) is 25.3. The van der Waals surface area contributed by atoms with E-state index in [0.717, 1.165) is 0 Å². The van der Waals surface area contributed by atoms with Gasteiger partial charge in [-0.2, -0.15) is 0 Å². The summed E-state index contributed by atoms with van der Waals surface area (Å²) < 4.78 is 9.55. The molecule has 0 heterocycles. The molecule has 8 nitrogen and oxygen atoms in total. The number of hydrogen-bond acceptors (Lipinski definition) is 8. The molecular formula is C22H24N2O6S2. The number of nitrogens with one attached hydrogen (secondary N) is 2. The maximum atomic E-state index is 12.4. The average molecular weight is 477 g/mol. The van der Waals surface area contributed by atoms with Crippen molar-refractivity contribution in [2.75, 3.05) is 25.7 Å². The van der Waals surface area contributed by atoms with Crippen LogP contribution in [0.15, 0.2) is 60.7 Å². The Morgan fingerprint density at radius 2 is 1.03 bits per heavy atom. The molecule has 0 aliphatic carbocycles. The summed E-state index contributed by atoms with van der Waals surface area (Å²) in [5.41, 5.74) is 0.849. The van der Waals surface area contributed by atoms with Crippen molar-refractivity contribution in [1.82, 2.24) is 10.6 Å². The molecule has 0 spiro atoms. The van der Waals surface area contributed by atoms with Gasteiger partial charge in [-0.25, -0.2) is 9.59 Å². The number of esters is 2. The van der Waals surface area contributed by atoms with Crippen LogP contribution in [0.2, 0.25) is 0 Å². The van der Waals surface area contributed by atoms with Gasteiger partial charge in [-0.3, -0.25) is 9.59 Å². The molecule has 0 saturated carbocycles. The maximum absolute atomic E-state index is 12.4. The van der Waals surface area contributed by atoms with Crippen LogP contribution in [0.3, 0.4) is 0 Å². The van der Waals surface area contributed by atoms with Gasteiger partial charge in [-0.1, -0.05) is 58.0 Å². The Kier molecular flexibility index (Phi) is 10.6. The molecule has 0 bridgehead atoms. The molecule has 2 atom stereocenters. The zero-order chi connectivity index (χ0) is 23.3. The Morgan fingerprint density at radius 1 is 0.688 bits per heavy atom. The third-order valence-corrected chi connectivity index (χ3v) is 6.63. The Balaban J connectivity index is 1.90. The van der Waals surface area contributed by atoms with E-state index >= 15 is 0 Å². The number of ether oxygens (including phenoxy) is 2. The second kappa shape index (κ2) is 13.4. The van der Waals surface area contributed by atoms with Crippen LogP contribution < -0.4 is 10.6 Å². The van der Waals surface area contributed by atoms with Crippen LogP contribution in [0.1, 0.15) is 20.7 Å². The van der Waals surface area contributed by atoms with Crippen molar-refractivity contribution in [2.45, 2.75) is 12.1 Å². The van der Waals surface area contributed by atoms with Gasteiger partial charge in [-0.15, -0.1) is 0 Å². The fraction of sp³-hybridized carbons (Fsp3) is 0.273. The molecule has 170 valence electrons. The van der Waals surface area contributed by atoms with Gasteiger partial charge in [-0.05, 0) is 24.3 Å². The molecule has 2 aromatic rings. The van der Waals surface area contributed by atoms with Crippen molar-refractivity contribution in [2.24, 2.45) is 0 Å². The van der Waals surface area contributed by atoms with E-state index in [0.29, 0.717) is 11.1 Å². The SMILES string of the molecule is COC(=O)[C@H](CSSC[C@H](NC(=O)c1ccccc1)C(=O)OC)NC(=O)c1ccccc1. The molecule has 0 saturated heterocycles. The minimum atomic E-state index is -0.874. The lowest BCUT2D eigenvalue weighted by molar-refractivity contribution is -0.143. The Labute approximate surface area is 194 Å². The van der Waals surface area contributed by atoms with Gasteiger partial charge in [0.1, 0.15) is 12.1 Å². The van der Waals surface area contributed by atoms with Gasteiger partial charge in [0, 0.05) is 22.6 Å². The van der Waals surface area contributed by atoms with Crippen molar-refractivity contribution < 1.29 is 28.7 Å². The molecule has 0 unspecified atom stereocenters. The van der Waals surface area contributed by atoms with Gasteiger partial charge in [0.2, 0.25) is 0 Å². The van der Waals surface area contributed by atoms with Crippen molar-refractivity contribution >= 4 is 45.3 Å². The van der Waals surface area contributed by atoms with Crippen LogP contribution >= 0.6 is 21.6 Å². The van der Waals surface area contributed by atoms with E-state index in [-0.39, 0.29) is 11.5 Å². The van der Waals surface area contributed by atoms with E-state index in [9.17, 15) is 19.2 Å². The standard InChI is InChI=1S/C22H24N2O6S2/c1-29-21(27)17(23-19(25)15-9-5-3-6-10-15)13-31-32-14-18(22(28)30-2)24-20(26)16-11-7-4-8-12-16/h3-12,17-18H,13-14H2,1-2H3,(H,23,25)(H,24,26)/t17-,18-/m0/s1. The number of benzene rings is 2. The van der Waals surface area contributed by atoms with E-state index in [1.165, 1.54) is 35.8 Å². The van der Waals surface area contributed by atoms with E-state index in [1.54, 1.807) is 60.7 Å².